The van der Waals surface area contributed by atoms with Crippen molar-refractivity contribution in [2.45, 2.75) is 31.8 Å². The zero-order chi connectivity index (χ0) is 9.97. The summed E-state index contributed by atoms with van der Waals surface area (Å²) in [5.41, 5.74) is 0. The van der Waals surface area contributed by atoms with Crippen LogP contribution in [0.5, 0.6) is 0 Å². The summed E-state index contributed by atoms with van der Waals surface area (Å²) in [7, 11) is 0. The van der Waals surface area contributed by atoms with Crippen LogP contribution in [0, 0.1) is 0 Å². The van der Waals surface area contributed by atoms with Crippen molar-refractivity contribution in [3.05, 3.63) is 0 Å². The van der Waals surface area contributed by atoms with E-state index < -0.39 is 0 Å². The van der Waals surface area contributed by atoms with Gasteiger partial charge in [0.05, 0.1) is 6.54 Å². The summed E-state index contributed by atoms with van der Waals surface area (Å²) in [5.74, 6) is 0.196. The number of hydrogen-bond donors (Lipinski definition) is 2. The highest BCUT2D eigenvalue weighted by molar-refractivity contribution is 5.78. The third-order valence-corrected chi connectivity index (χ3v) is 2.93. The van der Waals surface area contributed by atoms with Gasteiger partial charge in [0.1, 0.15) is 0 Å². The first-order valence-corrected chi connectivity index (χ1v) is 5.50. The number of nitrogens with one attached hydrogen (secondary N) is 2. The predicted octanol–water partition coefficient (Wildman–Crippen LogP) is -0.441. The molecule has 1 heterocycles. The van der Waals surface area contributed by atoms with Gasteiger partial charge < -0.3 is 10.6 Å². The Kier molecular flexibility index (Phi) is 3.03. The number of nitrogens with zero attached hydrogens (tertiary/aromatic N) is 1. The molecular weight excluding hydrogens is 178 g/mol. The van der Waals surface area contributed by atoms with Gasteiger partial charge in [-0.25, -0.2) is 0 Å². The molecule has 14 heavy (non-hydrogen) atoms. The molecule has 1 amide bonds. The van der Waals surface area contributed by atoms with Gasteiger partial charge in [-0.1, -0.05) is 0 Å². The van der Waals surface area contributed by atoms with Gasteiger partial charge in [0.25, 0.3) is 0 Å². The largest absolute Gasteiger partial charge is 0.352 e. The molecule has 0 bridgehead atoms. The van der Waals surface area contributed by atoms with E-state index in [1.807, 2.05) is 0 Å². The molecule has 80 valence electrons. The highest BCUT2D eigenvalue weighted by Gasteiger charge is 2.25. The molecule has 2 N–H and O–H groups in total. The van der Waals surface area contributed by atoms with Crippen LogP contribution in [-0.4, -0.2) is 49.1 Å². The van der Waals surface area contributed by atoms with E-state index in [1.165, 1.54) is 12.8 Å². The number of rotatable bonds is 3. The Hall–Kier alpha value is -0.610. The summed E-state index contributed by atoms with van der Waals surface area (Å²) < 4.78 is 0. The number of amides is 1. The van der Waals surface area contributed by atoms with Gasteiger partial charge in [-0.15, -0.1) is 0 Å². The molecule has 1 saturated carbocycles. The fourth-order valence-corrected chi connectivity index (χ4v) is 1.80. The minimum atomic E-state index is 0.196. The molecule has 1 saturated heterocycles. The van der Waals surface area contributed by atoms with Gasteiger partial charge in [-0.3, -0.25) is 9.69 Å². The van der Waals surface area contributed by atoms with E-state index in [0.29, 0.717) is 18.6 Å². The van der Waals surface area contributed by atoms with Gasteiger partial charge in [0.15, 0.2) is 0 Å². The highest BCUT2D eigenvalue weighted by atomic mass is 16.2. The van der Waals surface area contributed by atoms with E-state index in [0.717, 1.165) is 19.6 Å². The van der Waals surface area contributed by atoms with Crippen molar-refractivity contribution >= 4 is 5.91 Å². The number of carbonyl (C=O) groups excluding carboxylic acids is 1. The molecule has 1 unspecified atom stereocenters. The van der Waals surface area contributed by atoms with Gasteiger partial charge >= 0.3 is 0 Å². The van der Waals surface area contributed by atoms with E-state index in [9.17, 15) is 4.79 Å². The summed E-state index contributed by atoms with van der Waals surface area (Å²) in [6, 6.07) is 0.967. The lowest BCUT2D eigenvalue weighted by atomic mass is 10.2. The fraction of sp³-hybridized carbons (Fsp3) is 0.900. The molecule has 2 rings (SSSR count). The maximum absolute atomic E-state index is 11.5. The van der Waals surface area contributed by atoms with Gasteiger partial charge in [-0.2, -0.15) is 0 Å². The van der Waals surface area contributed by atoms with Crippen LogP contribution in [0.25, 0.3) is 0 Å². The topological polar surface area (TPSA) is 44.4 Å². The Bertz CT molecular complexity index is 215. The molecule has 0 aromatic carbocycles. The molecule has 0 spiro atoms. The fourth-order valence-electron chi connectivity index (χ4n) is 1.80. The maximum atomic E-state index is 11.5. The van der Waals surface area contributed by atoms with Crippen LogP contribution in [0.2, 0.25) is 0 Å². The maximum Gasteiger partial charge on any atom is 0.234 e. The number of hydrogen-bond acceptors (Lipinski definition) is 3. The molecule has 0 aromatic rings. The first-order valence-electron chi connectivity index (χ1n) is 5.50. The lowest BCUT2D eigenvalue weighted by Crippen LogP contribution is -2.52. The monoisotopic (exact) mass is 197 g/mol. The SMILES string of the molecule is CC1CNCCN1CC(=O)NC1CC1. The summed E-state index contributed by atoms with van der Waals surface area (Å²) in [6.45, 7) is 5.72. The van der Waals surface area contributed by atoms with Crippen molar-refractivity contribution in [1.29, 1.82) is 0 Å². The quantitative estimate of drug-likeness (QED) is 0.644. The second-order valence-electron chi connectivity index (χ2n) is 4.37. The van der Waals surface area contributed by atoms with Crippen molar-refractivity contribution in [3.63, 3.8) is 0 Å². The van der Waals surface area contributed by atoms with Crippen molar-refractivity contribution in [1.82, 2.24) is 15.5 Å². The summed E-state index contributed by atoms with van der Waals surface area (Å²) in [4.78, 5) is 13.8. The van der Waals surface area contributed by atoms with Crippen LogP contribution in [0.15, 0.2) is 0 Å². The lowest BCUT2D eigenvalue weighted by molar-refractivity contribution is -0.123. The van der Waals surface area contributed by atoms with Crippen LogP contribution in [0.4, 0.5) is 0 Å². The standard InChI is InChI=1S/C10H19N3O/c1-8-6-11-4-5-13(8)7-10(14)12-9-2-3-9/h8-9,11H,2-7H2,1H3,(H,12,14). The summed E-state index contributed by atoms with van der Waals surface area (Å²) in [5, 5.41) is 6.34. The van der Waals surface area contributed by atoms with E-state index in [1.54, 1.807) is 0 Å². The molecule has 4 heteroatoms. The van der Waals surface area contributed by atoms with Crippen LogP contribution >= 0.6 is 0 Å². The Morgan fingerprint density at radius 1 is 1.57 bits per heavy atom. The molecule has 1 aliphatic carbocycles. The predicted molar refractivity (Wildman–Crippen MR) is 55.1 cm³/mol. The average Bonchev–Trinajstić information content (AvgIpc) is 2.93. The Labute approximate surface area is 85.0 Å². The van der Waals surface area contributed by atoms with Gasteiger partial charge in [0.2, 0.25) is 5.91 Å². The molecule has 0 radical (unpaired) electrons. The van der Waals surface area contributed by atoms with Crippen molar-refractivity contribution < 1.29 is 4.79 Å². The highest BCUT2D eigenvalue weighted by Crippen LogP contribution is 2.18. The second-order valence-corrected chi connectivity index (χ2v) is 4.37. The summed E-state index contributed by atoms with van der Waals surface area (Å²) >= 11 is 0. The smallest absolute Gasteiger partial charge is 0.234 e. The third kappa shape index (κ3) is 2.69. The second kappa shape index (κ2) is 4.28. The molecule has 2 fully saturated rings. The Morgan fingerprint density at radius 2 is 2.36 bits per heavy atom. The Balaban J connectivity index is 1.73. The minimum absolute atomic E-state index is 0.196. The normalized spacial score (nSPS) is 28.8. The van der Waals surface area contributed by atoms with E-state index in [4.69, 9.17) is 0 Å². The Morgan fingerprint density at radius 3 is 3.00 bits per heavy atom. The van der Waals surface area contributed by atoms with Crippen molar-refractivity contribution in [3.8, 4) is 0 Å². The van der Waals surface area contributed by atoms with E-state index in [2.05, 4.69) is 22.5 Å². The van der Waals surface area contributed by atoms with Crippen LogP contribution in [0.1, 0.15) is 19.8 Å². The molecule has 0 aromatic heterocycles. The van der Waals surface area contributed by atoms with Crippen molar-refractivity contribution in [2.75, 3.05) is 26.2 Å². The van der Waals surface area contributed by atoms with E-state index >= 15 is 0 Å². The van der Waals surface area contributed by atoms with Gasteiger partial charge in [-0.05, 0) is 19.8 Å². The minimum Gasteiger partial charge on any atom is -0.352 e. The van der Waals surface area contributed by atoms with E-state index in [-0.39, 0.29) is 5.91 Å². The first kappa shape index (κ1) is 9.93. The van der Waals surface area contributed by atoms with Crippen LogP contribution in [-0.2, 0) is 4.79 Å². The zero-order valence-corrected chi connectivity index (χ0v) is 8.75. The summed E-state index contributed by atoms with van der Waals surface area (Å²) in [6.07, 6.45) is 2.34. The first-order chi connectivity index (χ1) is 6.75. The van der Waals surface area contributed by atoms with Crippen LogP contribution < -0.4 is 10.6 Å². The zero-order valence-electron chi connectivity index (χ0n) is 8.75. The molecule has 4 nitrogen and oxygen atoms in total. The third-order valence-electron chi connectivity index (χ3n) is 2.93. The molecule has 1 aliphatic heterocycles. The molecular formula is C10H19N3O. The number of carbonyl (C=O) groups is 1. The lowest BCUT2D eigenvalue weighted by Gasteiger charge is -2.33. The molecule has 2 aliphatic rings. The van der Waals surface area contributed by atoms with Gasteiger partial charge in [0, 0.05) is 31.7 Å². The number of piperazine rings is 1. The average molecular weight is 197 g/mol. The molecule has 1 atom stereocenters. The van der Waals surface area contributed by atoms with Crippen LogP contribution in [0.3, 0.4) is 0 Å². The van der Waals surface area contributed by atoms with Crippen molar-refractivity contribution in [2.24, 2.45) is 0 Å².